The summed E-state index contributed by atoms with van der Waals surface area (Å²) >= 11 is 3.31. The van der Waals surface area contributed by atoms with Crippen LogP contribution in [0.2, 0.25) is 0 Å². The topological polar surface area (TPSA) is 80.9 Å². The van der Waals surface area contributed by atoms with E-state index in [0.29, 0.717) is 11.4 Å². The molecule has 2 heterocycles. The van der Waals surface area contributed by atoms with Crippen molar-refractivity contribution in [1.29, 1.82) is 0 Å². The van der Waals surface area contributed by atoms with E-state index in [1.165, 1.54) is 0 Å². The van der Waals surface area contributed by atoms with Gasteiger partial charge in [-0.15, -0.1) is 0 Å². The SMILES string of the molecule is NC(=O)[C@H](Nc1cncc(Br)c1)c1ccccn1. The minimum absolute atomic E-state index is 0.492. The molecular weight excluding hydrogens is 296 g/mol. The van der Waals surface area contributed by atoms with Crippen molar-refractivity contribution in [2.45, 2.75) is 6.04 Å². The van der Waals surface area contributed by atoms with E-state index in [1.807, 2.05) is 6.07 Å². The molecule has 0 saturated carbocycles. The number of carbonyl (C=O) groups excluding carboxylic acids is 1. The first kappa shape index (κ1) is 12.5. The number of nitrogens with two attached hydrogens (primary N) is 1. The van der Waals surface area contributed by atoms with E-state index in [-0.39, 0.29) is 0 Å². The highest BCUT2D eigenvalue weighted by Crippen LogP contribution is 2.19. The van der Waals surface area contributed by atoms with Crippen LogP contribution in [0.4, 0.5) is 5.69 Å². The van der Waals surface area contributed by atoms with Gasteiger partial charge in [0, 0.05) is 16.9 Å². The molecule has 6 heteroatoms. The molecule has 0 saturated heterocycles. The van der Waals surface area contributed by atoms with Crippen molar-refractivity contribution in [1.82, 2.24) is 9.97 Å². The Morgan fingerprint density at radius 3 is 2.83 bits per heavy atom. The van der Waals surface area contributed by atoms with Crippen LogP contribution in [0.5, 0.6) is 0 Å². The van der Waals surface area contributed by atoms with Gasteiger partial charge in [0.15, 0.2) is 0 Å². The normalized spacial score (nSPS) is 11.8. The van der Waals surface area contributed by atoms with E-state index in [4.69, 9.17) is 5.73 Å². The van der Waals surface area contributed by atoms with Crippen LogP contribution in [-0.4, -0.2) is 15.9 Å². The van der Waals surface area contributed by atoms with Gasteiger partial charge in [-0.3, -0.25) is 14.8 Å². The lowest BCUT2D eigenvalue weighted by Gasteiger charge is -2.15. The van der Waals surface area contributed by atoms with Crippen LogP contribution >= 0.6 is 15.9 Å². The van der Waals surface area contributed by atoms with Gasteiger partial charge in [0.1, 0.15) is 6.04 Å². The molecule has 3 N–H and O–H groups in total. The first-order chi connectivity index (χ1) is 8.66. The van der Waals surface area contributed by atoms with Crippen LogP contribution in [0.25, 0.3) is 0 Å². The molecular formula is C12H11BrN4O. The van der Waals surface area contributed by atoms with Crippen molar-refractivity contribution in [3.8, 4) is 0 Å². The minimum atomic E-state index is -0.678. The fraction of sp³-hybridized carbons (Fsp3) is 0.0833. The van der Waals surface area contributed by atoms with E-state index >= 15 is 0 Å². The predicted octanol–water partition coefficient (Wildman–Crippen LogP) is 1.88. The summed E-state index contributed by atoms with van der Waals surface area (Å²) in [6.45, 7) is 0. The van der Waals surface area contributed by atoms with Crippen LogP contribution < -0.4 is 11.1 Å². The second-order valence-corrected chi connectivity index (χ2v) is 4.54. The second kappa shape index (κ2) is 5.59. The molecule has 0 aliphatic rings. The van der Waals surface area contributed by atoms with E-state index in [2.05, 4.69) is 31.2 Å². The highest BCUT2D eigenvalue weighted by atomic mass is 79.9. The van der Waals surface area contributed by atoms with Gasteiger partial charge in [-0.1, -0.05) is 6.07 Å². The van der Waals surface area contributed by atoms with Crippen molar-refractivity contribution < 1.29 is 4.79 Å². The molecule has 0 aliphatic heterocycles. The number of halogens is 1. The number of hydrogen-bond acceptors (Lipinski definition) is 4. The van der Waals surface area contributed by atoms with Crippen molar-refractivity contribution in [3.63, 3.8) is 0 Å². The maximum Gasteiger partial charge on any atom is 0.246 e. The summed E-state index contributed by atoms with van der Waals surface area (Å²) in [6.07, 6.45) is 4.89. The maximum atomic E-state index is 11.5. The molecule has 0 aliphatic carbocycles. The van der Waals surface area contributed by atoms with Gasteiger partial charge in [-0.2, -0.15) is 0 Å². The average Bonchev–Trinajstić information content (AvgIpc) is 2.37. The monoisotopic (exact) mass is 306 g/mol. The lowest BCUT2D eigenvalue weighted by atomic mass is 10.1. The number of carbonyl (C=O) groups is 1. The number of nitrogens with zero attached hydrogens (tertiary/aromatic N) is 2. The molecule has 0 radical (unpaired) electrons. The first-order valence-corrected chi connectivity index (χ1v) is 6.03. The van der Waals surface area contributed by atoms with E-state index in [9.17, 15) is 4.79 Å². The van der Waals surface area contributed by atoms with Gasteiger partial charge in [-0.05, 0) is 34.1 Å². The van der Waals surface area contributed by atoms with E-state index < -0.39 is 11.9 Å². The third-order valence-electron chi connectivity index (χ3n) is 2.28. The van der Waals surface area contributed by atoms with Crippen LogP contribution in [-0.2, 0) is 4.79 Å². The summed E-state index contributed by atoms with van der Waals surface area (Å²) < 4.78 is 0.816. The van der Waals surface area contributed by atoms with Crippen LogP contribution in [0.3, 0.4) is 0 Å². The van der Waals surface area contributed by atoms with Gasteiger partial charge in [0.25, 0.3) is 0 Å². The van der Waals surface area contributed by atoms with Gasteiger partial charge < -0.3 is 11.1 Å². The molecule has 18 heavy (non-hydrogen) atoms. The lowest BCUT2D eigenvalue weighted by molar-refractivity contribution is -0.118. The predicted molar refractivity (Wildman–Crippen MR) is 71.7 cm³/mol. The van der Waals surface area contributed by atoms with Crippen molar-refractivity contribution in [2.24, 2.45) is 5.73 Å². The standard InChI is InChI=1S/C12H11BrN4O/c13-8-5-9(7-15-6-8)17-11(12(14)18)10-3-1-2-4-16-10/h1-7,11,17H,(H2,14,18)/t11-/m1/s1. The largest absolute Gasteiger partial charge is 0.368 e. The van der Waals surface area contributed by atoms with Gasteiger partial charge >= 0.3 is 0 Å². The Morgan fingerprint density at radius 1 is 1.39 bits per heavy atom. The van der Waals surface area contributed by atoms with Gasteiger partial charge in [0.05, 0.1) is 17.6 Å². The summed E-state index contributed by atoms with van der Waals surface area (Å²) in [5.74, 6) is -0.492. The molecule has 0 spiro atoms. The number of rotatable bonds is 4. The molecule has 0 unspecified atom stereocenters. The average molecular weight is 307 g/mol. The highest BCUT2D eigenvalue weighted by Gasteiger charge is 2.18. The Hall–Kier alpha value is -1.95. The van der Waals surface area contributed by atoms with Crippen molar-refractivity contribution >= 4 is 27.5 Å². The smallest absolute Gasteiger partial charge is 0.246 e. The Kier molecular flexibility index (Phi) is 3.88. The molecule has 1 atom stereocenters. The molecule has 1 amide bonds. The van der Waals surface area contributed by atoms with Crippen LogP contribution in [0.15, 0.2) is 47.3 Å². The zero-order valence-electron chi connectivity index (χ0n) is 9.38. The first-order valence-electron chi connectivity index (χ1n) is 5.24. The molecule has 0 fully saturated rings. The second-order valence-electron chi connectivity index (χ2n) is 3.63. The van der Waals surface area contributed by atoms with E-state index in [0.717, 1.165) is 4.47 Å². The Labute approximate surface area is 113 Å². The molecule has 0 aromatic carbocycles. The number of nitrogens with one attached hydrogen (secondary N) is 1. The Bertz CT molecular complexity index is 547. The summed E-state index contributed by atoms with van der Waals surface area (Å²) in [5, 5.41) is 3.01. The number of anilines is 1. The Morgan fingerprint density at radius 2 is 2.22 bits per heavy atom. The molecule has 2 aromatic heterocycles. The molecule has 2 aromatic rings. The summed E-state index contributed by atoms with van der Waals surface area (Å²) in [5.41, 5.74) is 6.65. The summed E-state index contributed by atoms with van der Waals surface area (Å²) in [7, 11) is 0. The maximum absolute atomic E-state index is 11.5. The zero-order valence-corrected chi connectivity index (χ0v) is 11.0. The number of primary amides is 1. The molecule has 92 valence electrons. The third kappa shape index (κ3) is 3.04. The van der Waals surface area contributed by atoms with Crippen molar-refractivity contribution in [3.05, 3.63) is 53.0 Å². The number of hydrogen-bond donors (Lipinski definition) is 2. The number of pyridine rings is 2. The van der Waals surface area contributed by atoms with E-state index in [1.54, 1.807) is 36.8 Å². The van der Waals surface area contributed by atoms with Gasteiger partial charge in [0.2, 0.25) is 5.91 Å². The minimum Gasteiger partial charge on any atom is -0.368 e. The Balaban J connectivity index is 2.25. The lowest BCUT2D eigenvalue weighted by Crippen LogP contribution is -2.28. The summed E-state index contributed by atoms with van der Waals surface area (Å²) in [6, 6.07) is 6.46. The fourth-order valence-corrected chi connectivity index (χ4v) is 1.86. The fourth-order valence-electron chi connectivity index (χ4n) is 1.50. The van der Waals surface area contributed by atoms with Crippen molar-refractivity contribution in [2.75, 3.05) is 5.32 Å². The van der Waals surface area contributed by atoms with Crippen LogP contribution in [0, 0.1) is 0 Å². The molecule has 2 rings (SSSR count). The van der Waals surface area contributed by atoms with Crippen LogP contribution in [0.1, 0.15) is 11.7 Å². The van der Waals surface area contributed by atoms with Gasteiger partial charge in [-0.25, -0.2) is 0 Å². The highest BCUT2D eigenvalue weighted by molar-refractivity contribution is 9.10. The summed E-state index contributed by atoms with van der Waals surface area (Å²) in [4.78, 5) is 19.6. The number of amides is 1. The zero-order chi connectivity index (χ0) is 13.0. The number of aromatic nitrogens is 2. The molecule has 5 nitrogen and oxygen atoms in total. The third-order valence-corrected chi connectivity index (χ3v) is 2.72. The quantitative estimate of drug-likeness (QED) is 0.903. The molecule has 0 bridgehead atoms.